The molecule has 80 valence electrons. The molecule has 0 aromatic heterocycles. The molecule has 3 heteroatoms. The first-order chi connectivity index (χ1) is 7.38. The molecule has 1 aromatic rings. The van der Waals surface area contributed by atoms with E-state index in [-0.39, 0.29) is 0 Å². The molecule has 1 atom stereocenters. The predicted octanol–water partition coefficient (Wildman–Crippen LogP) is 2.77. The van der Waals surface area contributed by atoms with Gasteiger partial charge in [0, 0.05) is 22.3 Å². The average Bonchev–Trinajstić information content (AvgIpc) is 2.31. The fourth-order valence-corrected chi connectivity index (χ4v) is 2.75. The zero-order valence-corrected chi connectivity index (χ0v) is 9.33. The molecule has 2 rings (SSSR count). The van der Waals surface area contributed by atoms with Crippen LogP contribution in [0.2, 0.25) is 0 Å². The molecule has 0 radical (unpaired) electrons. The van der Waals surface area contributed by atoms with Crippen molar-refractivity contribution in [3.63, 3.8) is 0 Å². The molecule has 1 aromatic carbocycles. The fourth-order valence-electron chi connectivity index (χ4n) is 1.62. The monoisotopic (exact) mass is 222 g/mol. The summed E-state index contributed by atoms with van der Waals surface area (Å²) in [7, 11) is 0. The molecule has 1 fully saturated rings. The maximum absolute atomic E-state index is 10.5. The van der Waals surface area contributed by atoms with Crippen molar-refractivity contribution in [2.45, 2.75) is 23.0 Å². The topological polar surface area (TPSA) is 26.3 Å². The van der Waals surface area contributed by atoms with Crippen molar-refractivity contribution in [2.24, 2.45) is 0 Å². The van der Waals surface area contributed by atoms with Crippen LogP contribution < -0.4 is 0 Å². The van der Waals surface area contributed by atoms with Crippen molar-refractivity contribution < 1.29 is 9.53 Å². The third kappa shape index (κ3) is 3.08. The lowest BCUT2D eigenvalue weighted by molar-refractivity contribution is 0.101. The van der Waals surface area contributed by atoms with Crippen molar-refractivity contribution in [3.8, 4) is 0 Å². The smallest absolute Gasteiger partial charge is 0.150 e. The van der Waals surface area contributed by atoms with Crippen molar-refractivity contribution in [2.75, 3.05) is 13.2 Å². The van der Waals surface area contributed by atoms with Gasteiger partial charge >= 0.3 is 0 Å². The summed E-state index contributed by atoms with van der Waals surface area (Å²) in [6.07, 6.45) is 3.25. The maximum Gasteiger partial charge on any atom is 0.150 e. The Morgan fingerprint density at radius 3 is 2.73 bits per heavy atom. The van der Waals surface area contributed by atoms with Crippen molar-refractivity contribution in [1.29, 1.82) is 0 Å². The SMILES string of the molecule is O=Cc1ccc(SC2CCCOC2)cc1. The highest BCUT2D eigenvalue weighted by Gasteiger charge is 2.14. The molecule has 15 heavy (non-hydrogen) atoms. The third-order valence-electron chi connectivity index (χ3n) is 2.44. The van der Waals surface area contributed by atoms with Gasteiger partial charge in [-0.3, -0.25) is 4.79 Å². The summed E-state index contributed by atoms with van der Waals surface area (Å²) in [5.74, 6) is 0. The predicted molar refractivity (Wildman–Crippen MR) is 61.5 cm³/mol. The summed E-state index contributed by atoms with van der Waals surface area (Å²) in [5, 5.41) is 0.570. The second-order valence-corrected chi connectivity index (χ2v) is 5.02. The number of carbonyl (C=O) groups is 1. The molecule has 0 bridgehead atoms. The van der Waals surface area contributed by atoms with E-state index in [1.54, 1.807) is 0 Å². The number of thioether (sulfide) groups is 1. The summed E-state index contributed by atoms with van der Waals surface area (Å²) in [6.45, 7) is 1.75. The van der Waals surface area contributed by atoms with Crippen LogP contribution in [0.15, 0.2) is 29.2 Å². The maximum atomic E-state index is 10.5. The Labute approximate surface area is 94.0 Å². The van der Waals surface area contributed by atoms with Crippen LogP contribution in [-0.2, 0) is 4.74 Å². The van der Waals surface area contributed by atoms with Gasteiger partial charge in [-0.15, -0.1) is 11.8 Å². The van der Waals surface area contributed by atoms with E-state index in [2.05, 4.69) is 0 Å². The van der Waals surface area contributed by atoms with Crippen LogP contribution in [0.3, 0.4) is 0 Å². The van der Waals surface area contributed by atoms with E-state index in [1.165, 1.54) is 11.3 Å². The lowest BCUT2D eigenvalue weighted by Crippen LogP contribution is -2.18. The van der Waals surface area contributed by atoms with Crippen molar-refractivity contribution in [1.82, 2.24) is 0 Å². The van der Waals surface area contributed by atoms with Gasteiger partial charge in [-0.1, -0.05) is 12.1 Å². The first kappa shape index (κ1) is 10.7. The molecule has 1 saturated heterocycles. The normalized spacial score (nSPS) is 21.2. The Hall–Kier alpha value is -0.800. The van der Waals surface area contributed by atoms with E-state index in [0.29, 0.717) is 5.25 Å². The molecule has 1 aliphatic heterocycles. The zero-order chi connectivity index (χ0) is 10.5. The molecule has 0 N–H and O–H groups in total. The molecular formula is C12H14O2S. The largest absolute Gasteiger partial charge is 0.380 e. The summed E-state index contributed by atoms with van der Waals surface area (Å²) in [5.41, 5.74) is 0.735. The minimum absolute atomic E-state index is 0.570. The second-order valence-electron chi connectivity index (χ2n) is 3.64. The highest BCUT2D eigenvalue weighted by atomic mass is 32.2. The van der Waals surface area contributed by atoms with Gasteiger partial charge in [0.05, 0.1) is 6.61 Å². The number of carbonyl (C=O) groups excluding carboxylic acids is 1. The molecule has 0 amide bonds. The van der Waals surface area contributed by atoms with Gasteiger partial charge in [-0.25, -0.2) is 0 Å². The van der Waals surface area contributed by atoms with Gasteiger partial charge in [-0.2, -0.15) is 0 Å². The van der Waals surface area contributed by atoms with E-state index in [4.69, 9.17) is 4.74 Å². The molecule has 2 nitrogen and oxygen atoms in total. The van der Waals surface area contributed by atoms with Crippen LogP contribution in [0.25, 0.3) is 0 Å². The molecule has 1 heterocycles. The Kier molecular flexibility index (Phi) is 3.80. The first-order valence-electron chi connectivity index (χ1n) is 5.18. The minimum atomic E-state index is 0.570. The Bertz CT molecular complexity index is 315. The van der Waals surface area contributed by atoms with Crippen LogP contribution in [0.4, 0.5) is 0 Å². The van der Waals surface area contributed by atoms with Gasteiger partial charge in [0.2, 0.25) is 0 Å². The molecule has 0 aliphatic carbocycles. The molecule has 1 aliphatic rings. The highest BCUT2D eigenvalue weighted by Crippen LogP contribution is 2.28. The van der Waals surface area contributed by atoms with Crippen LogP contribution in [0, 0.1) is 0 Å². The van der Waals surface area contributed by atoms with Crippen LogP contribution >= 0.6 is 11.8 Å². The highest BCUT2D eigenvalue weighted by molar-refractivity contribution is 8.00. The zero-order valence-electron chi connectivity index (χ0n) is 8.52. The molecule has 1 unspecified atom stereocenters. The van der Waals surface area contributed by atoms with Gasteiger partial charge in [-0.05, 0) is 25.0 Å². The summed E-state index contributed by atoms with van der Waals surface area (Å²) >= 11 is 1.84. The Balaban J connectivity index is 1.94. The molecular weight excluding hydrogens is 208 g/mol. The van der Waals surface area contributed by atoms with Crippen LogP contribution in [-0.4, -0.2) is 24.7 Å². The van der Waals surface area contributed by atoms with Crippen molar-refractivity contribution in [3.05, 3.63) is 29.8 Å². The van der Waals surface area contributed by atoms with Gasteiger partial charge < -0.3 is 4.74 Å². The first-order valence-corrected chi connectivity index (χ1v) is 6.06. The van der Waals surface area contributed by atoms with E-state index >= 15 is 0 Å². The fraction of sp³-hybridized carbons (Fsp3) is 0.417. The number of rotatable bonds is 3. The number of aldehydes is 1. The summed E-state index contributed by atoms with van der Waals surface area (Å²) in [6, 6.07) is 7.73. The van der Waals surface area contributed by atoms with E-state index < -0.39 is 0 Å². The minimum Gasteiger partial charge on any atom is -0.380 e. The van der Waals surface area contributed by atoms with Crippen LogP contribution in [0.5, 0.6) is 0 Å². The Morgan fingerprint density at radius 2 is 2.13 bits per heavy atom. The third-order valence-corrected chi connectivity index (χ3v) is 3.69. The van der Waals surface area contributed by atoms with E-state index in [9.17, 15) is 4.79 Å². The summed E-state index contributed by atoms with van der Waals surface area (Å²) in [4.78, 5) is 11.7. The lowest BCUT2D eigenvalue weighted by atomic mass is 10.2. The van der Waals surface area contributed by atoms with Crippen LogP contribution in [0.1, 0.15) is 23.2 Å². The molecule has 0 saturated carbocycles. The lowest BCUT2D eigenvalue weighted by Gasteiger charge is -2.21. The number of hydrogen-bond acceptors (Lipinski definition) is 3. The number of hydrogen-bond donors (Lipinski definition) is 0. The summed E-state index contributed by atoms with van der Waals surface area (Å²) < 4.78 is 5.42. The Morgan fingerprint density at radius 1 is 1.33 bits per heavy atom. The number of benzene rings is 1. The second kappa shape index (κ2) is 5.33. The number of ether oxygens (including phenoxy) is 1. The van der Waals surface area contributed by atoms with Crippen molar-refractivity contribution >= 4 is 18.0 Å². The van der Waals surface area contributed by atoms with Gasteiger partial charge in [0.1, 0.15) is 6.29 Å². The van der Waals surface area contributed by atoms with E-state index in [1.807, 2.05) is 36.0 Å². The quantitative estimate of drug-likeness (QED) is 0.736. The molecule has 0 spiro atoms. The standard InChI is InChI=1S/C12H14O2S/c13-8-10-3-5-11(6-4-10)15-12-2-1-7-14-9-12/h3-6,8,12H,1-2,7,9H2. The van der Waals surface area contributed by atoms with E-state index in [0.717, 1.165) is 31.5 Å². The van der Waals surface area contributed by atoms with Gasteiger partial charge in [0.25, 0.3) is 0 Å². The van der Waals surface area contributed by atoms with Gasteiger partial charge in [0.15, 0.2) is 0 Å². The average molecular weight is 222 g/mol.